The van der Waals surface area contributed by atoms with Crippen LogP contribution >= 0.6 is 0 Å². The smallest absolute Gasteiger partial charge is 0.164 e. The molecule has 0 radical (unpaired) electrons. The van der Waals surface area contributed by atoms with Gasteiger partial charge in [0.25, 0.3) is 0 Å². The molecule has 0 atom stereocenters. The average Bonchev–Trinajstić information content (AvgIpc) is 3.76. The monoisotopic (exact) mass is 652 g/mol. The van der Waals surface area contributed by atoms with Crippen LogP contribution in [0.4, 0.5) is 0 Å². The molecule has 0 aliphatic heterocycles. The summed E-state index contributed by atoms with van der Waals surface area (Å²) < 4.78 is 4.77. The molecule has 7 aromatic carbocycles. The van der Waals surface area contributed by atoms with Crippen LogP contribution in [-0.4, -0.2) is 19.1 Å². The second-order valence-corrected chi connectivity index (χ2v) is 14.2. The molecule has 4 nitrogen and oxygen atoms in total. The lowest BCUT2D eigenvalue weighted by molar-refractivity contribution is 0.633. The first kappa shape index (κ1) is 28.3. The van der Waals surface area contributed by atoms with Crippen molar-refractivity contribution in [1.29, 1.82) is 0 Å². The molecule has 3 aromatic heterocycles. The van der Waals surface area contributed by atoms with Gasteiger partial charge in [-0.1, -0.05) is 135 Å². The molecule has 51 heavy (non-hydrogen) atoms. The Bertz CT molecular complexity index is 3050. The number of nitrogens with zero attached hydrogens (tertiary/aromatic N) is 4. The van der Waals surface area contributed by atoms with Crippen molar-refractivity contribution < 1.29 is 0 Å². The second-order valence-electron chi connectivity index (χ2n) is 14.2. The second kappa shape index (κ2) is 10.3. The Hall–Kier alpha value is -6.52. The summed E-state index contributed by atoms with van der Waals surface area (Å²) in [5, 5.41) is 7.15. The zero-order chi connectivity index (χ0) is 33.8. The van der Waals surface area contributed by atoms with Crippen molar-refractivity contribution in [3.05, 3.63) is 169 Å². The molecule has 0 fully saturated rings. The normalized spacial score (nSPS) is 13.5. The van der Waals surface area contributed by atoms with Gasteiger partial charge in [-0.25, -0.2) is 9.97 Å². The van der Waals surface area contributed by atoms with Crippen molar-refractivity contribution in [2.24, 2.45) is 0 Å². The lowest BCUT2D eigenvalue weighted by atomic mass is 9.85. The number of aromatic nitrogens is 4. The fourth-order valence-electron chi connectivity index (χ4n) is 8.69. The summed E-state index contributed by atoms with van der Waals surface area (Å²) in [6, 6.07) is 56.7. The molecule has 0 saturated carbocycles. The molecular weight excluding hydrogens is 621 g/mol. The topological polar surface area (TPSA) is 35.6 Å². The molecule has 10 aromatic rings. The van der Waals surface area contributed by atoms with Gasteiger partial charge in [0.1, 0.15) is 5.69 Å². The third kappa shape index (κ3) is 3.85. The van der Waals surface area contributed by atoms with Crippen LogP contribution in [0, 0.1) is 0 Å². The molecule has 4 heteroatoms. The Morgan fingerprint density at radius 1 is 0.431 bits per heavy atom. The fraction of sp³-hybridized carbons (Fsp3) is 0.0638. The average molecular weight is 653 g/mol. The van der Waals surface area contributed by atoms with E-state index in [0.29, 0.717) is 0 Å². The Balaban J connectivity index is 1.31. The Morgan fingerprint density at radius 2 is 1.00 bits per heavy atom. The van der Waals surface area contributed by atoms with Gasteiger partial charge in [-0.2, -0.15) is 0 Å². The van der Waals surface area contributed by atoms with Crippen molar-refractivity contribution >= 4 is 54.4 Å². The third-order valence-corrected chi connectivity index (χ3v) is 11.1. The number of hydrogen-bond donors (Lipinski definition) is 0. The van der Waals surface area contributed by atoms with Crippen molar-refractivity contribution in [1.82, 2.24) is 19.1 Å². The molecule has 0 saturated heterocycles. The molecule has 240 valence electrons. The van der Waals surface area contributed by atoms with E-state index in [-0.39, 0.29) is 5.41 Å². The van der Waals surface area contributed by atoms with Gasteiger partial charge in [0.05, 0.1) is 33.5 Å². The summed E-state index contributed by atoms with van der Waals surface area (Å²) in [6.45, 7) is 4.56. The fourth-order valence-corrected chi connectivity index (χ4v) is 8.69. The summed E-state index contributed by atoms with van der Waals surface area (Å²) in [4.78, 5) is 11.4. The van der Waals surface area contributed by atoms with Crippen LogP contribution in [0.3, 0.4) is 0 Å². The molecule has 11 rings (SSSR count). The number of para-hydroxylation sites is 3. The standard InChI is InChI=1S/C47H32N4/c1-47(2)38-24-11-8-22-35(38)43-45(47)49-46(44(48-43)34-23-14-16-29-15-6-7-19-31(29)34)51-40-26-13-10-21-33(40)37-27-41-36(28-42(37)51)32-20-9-12-25-39(32)50(41)30-17-4-3-5-18-30/h3-28H,1-2H3. The van der Waals surface area contributed by atoms with Crippen molar-refractivity contribution in [2.75, 3.05) is 0 Å². The molecule has 0 unspecified atom stereocenters. The van der Waals surface area contributed by atoms with E-state index in [1.165, 1.54) is 43.5 Å². The van der Waals surface area contributed by atoms with Gasteiger partial charge in [0.2, 0.25) is 0 Å². The van der Waals surface area contributed by atoms with Crippen LogP contribution in [0.15, 0.2) is 158 Å². The summed E-state index contributed by atoms with van der Waals surface area (Å²) in [5.74, 6) is 0.850. The van der Waals surface area contributed by atoms with Crippen molar-refractivity contribution in [3.8, 4) is 34.0 Å². The van der Waals surface area contributed by atoms with Gasteiger partial charge >= 0.3 is 0 Å². The lowest BCUT2D eigenvalue weighted by Crippen LogP contribution is -2.18. The zero-order valence-corrected chi connectivity index (χ0v) is 28.3. The van der Waals surface area contributed by atoms with E-state index in [1.54, 1.807) is 0 Å². The van der Waals surface area contributed by atoms with Crippen LogP contribution < -0.4 is 0 Å². The maximum Gasteiger partial charge on any atom is 0.164 e. The van der Waals surface area contributed by atoms with Crippen molar-refractivity contribution in [2.45, 2.75) is 19.3 Å². The number of fused-ring (bicyclic) bond motifs is 10. The molecule has 0 bridgehead atoms. The van der Waals surface area contributed by atoms with Gasteiger partial charge in [0.15, 0.2) is 5.82 Å². The van der Waals surface area contributed by atoms with E-state index in [1.807, 2.05) is 0 Å². The highest BCUT2D eigenvalue weighted by Crippen LogP contribution is 2.49. The van der Waals surface area contributed by atoms with E-state index in [2.05, 4.69) is 181 Å². The van der Waals surface area contributed by atoms with E-state index in [4.69, 9.17) is 9.97 Å². The molecule has 3 heterocycles. The summed E-state index contributed by atoms with van der Waals surface area (Å²) in [6.07, 6.45) is 0. The predicted molar refractivity (Wildman–Crippen MR) is 211 cm³/mol. The minimum atomic E-state index is -0.305. The first-order valence-corrected chi connectivity index (χ1v) is 17.6. The van der Waals surface area contributed by atoms with E-state index in [0.717, 1.165) is 56.1 Å². The molecule has 1 aliphatic carbocycles. The Kier molecular flexibility index (Phi) is 5.70. The molecular formula is C47H32N4. The maximum absolute atomic E-state index is 5.74. The lowest BCUT2D eigenvalue weighted by Gasteiger charge is -2.22. The van der Waals surface area contributed by atoms with Gasteiger partial charge < -0.3 is 4.57 Å². The van der Waals surface area contributed by atoms with Crippen molar-refractivity contribution in [3.63, 3.8) is 0 Å². The quantitative estimate of drug-likeness (QED) is 0.190. The first-order chi connectivity index (χ1) is 25.1. The summed E-state index contributed by atoms with van der Waals surface area (Å²) in [5.41, 5.74) is 11.8. The first-order valence-electron chi connectivity index (χ1n) is 17.6. The molecule has 0 N–H and O–H groups in total. The molecule has 0 spiro atoms. The van der Waals surface area contributed by atoms with E-state index < -0.39 is 0 Å². The highest BCUT2D eigenvalue weighted by molar-refractivity contribution is 6.19. The number of hydrogen-bond acceptors (Lipinski definition) is 2. The Labute approximate surface area is 294 Å². The van der Waals surface area contributed by atoms with E-state index >= 15 is 0 Å². The van der Waals surface area contributed by atoms with Gasteiger partial charge in [-0.15, -0.1) is 0 Å². The minimum Gasteiger partial charge on any atom is -0.309 e. The maximum atomic E-state index is 5.74. The highest BCUT2D eigenvalue weighted by Gasteiger charge is 2.39. The molecule has 1 aliphatic rings. The number of benzene rings is 7. The zero-order valence-electron chi connectivity index (χ0n) is 28.3. The largest absolute Gasteiger partial charge is 0.309 e. The van der Waals surface area contributed by atoms with Crippen LogP contribution in [0.25, 0.3) is 88.4 Å². The van der Waals surface area contributed by atoms with Crippen LogP contribution in [0.1, 0.15) is 25.1 Å². The summed E-state index contributed by atoms with van der Waals surface area (Å²) >= 11 is 0. The minimum absolute atomic E-state index is 0.305. The van der Waals surface area contributed by atoms with Gasteiger partial charge in [0, 0.05) is 43.8 Å². The van der Waals surface area contributed by atoms with Crippen LogP contribution in [0.5, 0.6) is 0 Å². The van der Waals surface area contributed by atoms with Gasteiger partial charge in [-0.05, 0) is 52.7 Å². The van der Waals surface area contributed by atoms with E-state index in [9.17, 15) is 0 Å². The van der Waals surface area contributed by atoms with Crippen LogP contribution in [-0.2, 0) is 5.41 Å². The highest BCUT2D eigenvalue weighted by atomic mass is 15.1. The predicted octanol–water partition coefficient (Wildman–Crippen LogP) is 11.8. The SMILES string of the molecule is CC1(C)c2ccccc2-c2nc(-c3cccc4ccccc34)c(-n3c4ccccc4c4cc5c(cc43)c3ccccc3n5-c3ccccc3)nc21. The van der Waals surface area contributed by atoms with Crippen LogP contribution in [0.2, 0.25) is 0 Å². The Morgan fingerprint density at radius 3 is 1.76 bits per heavy atom. The van der Waals surface area contributed by atoms with Gasteiger partial charge in [-0.3, -0.25) is 4.57 Å². The molecule has 0 amide bonds. The summed E-state index contributed by atoms with van der Waals surface area (Å²) in [7, 11) is 0. The third-order valence-electron chi connectivity index (χ3n) is 11.1. The number of rotatable bonds is 3.